The van der Waals surface area contributed by atoms with Crippen molar-refractivity contribution in [2.24, 2.45) is 0 Å². The van der Waals surface area contributed by atoms with Crippen LogP contribution in [0.4, 0.5) is 18.0 Å². The number of rotatable bonds is 5. The van der Waals surface area contributed by atoms with Gasteiger partial charge in [0.15, 0.2) is 5.82 Å². The van der Waals surface area contributed by atoms with Gasteiger partial charge in [0, 0.05) is 32.6 Å². The maximum absolute atomic E-state index is 13.4. The summed E-state index contributed by atoms with van der Waals surface area (Å²) in [6, 6.07) is 4.45. The number of aryl methyl sites for hydroxylation is 1. The van der Waals surface area contributed by atoms with Gasteiger partial charge in [-0.15, -0.1) is 5.10 Å². The number of nitrogens with zero attached hydrogens (tertiary/aromatic N) is 5. The Morgan fingerprint density at radius 2 is 1.97 bits per heavy atom. The largest absolute Gasteiger partial charge is 0.492 e. The summed E-state index contributed by atoms with van der Waals surface area (Å²) in [5.41, 5.74) is -0.368. The number of thiazole rings is 1. The molecule has 0 unspecified atom stereocenters. The molecule has 0 bridgehead atoms. The van der Waals surface area contributed by atoms with Crippen LogP contribution in [0.15, 0.2) is 24.3 Å². The predicted molar refractivity (Wildman–Crippen MR) is 115 cm³/mol. The Hall–Kier alpha value is -2.86. The molecule has 4 rings (SSSR count). The molecule has 1 amide bonds. The van der Waals surface area contributed by atoms with Crippen molar-refractivity contribution in [3.8, 4) is 5.88 Å². The Bertz CT molecular complexity index is 1140. The molecule has 0 aliphatic carbocycles. The molecule has 1 N–H and O–H groups in total. The van der Waals surface area contributed by atoms with Crippen LogP contribution in [0.3, 0.4) is 0 Å². The van der Waals surface area contributed by atoms with Gasteiger partial charge in [-0.25, -0.2) is 9.78 Å². The Kier molecular flexibility index (Phi) is 6.48. The minimum Gasteiger partial charge on any atom is -0.492 e. The molecule has 1 saturated heterocycles. The topological polar surface area (TPSA) is 83.2 Å². The van der Waals surface area contributed by atoms with Crippen molar-refractivity contribution in [2.45, 2.75) is 32.5 Å². The highest BCUT2D eigenvalue weighted by molar-refractivity contribution is 7.17. The second-order valence-electron chi connectivity index (χ2n) is 7.61. The fourth-order valence-electron chi connectivity index (χ4n) is 3.91. The lowest BCUT2D eigenvalue weighted by Crippen LogP contribution is -2.50. The lowest BCUT2D eigenvalue weighted by atomic mass is 10.00. The molecule has 1 fully saturated rings. The van der Waals surface area contributed by atoms with Gasteiger partial charge in [0.2, 0.25) is 10.8 Å². The van der Waals surface area contributed by atoms with Crippen molar-refractivity contribution in [1.29, 1.82) is 0 Å². The highest BCUT2D eigenvalue weighted by Gasteiger charge is 2.35. The highest BCUT2D eigenvalue weighted by atomic mass is 32.1. The average Bonchev–Trinajstić information content (AvgIpc) is 3.33. The van der Waals surface area contributed by atoms with Gasteiger partial charge in [0.25, 0.3) is 0 Å². The molecule has 0 spiro atoms. The number of halogens is 3. The Labute approximate surface area is 192 Å². The third-order valence-corrected chi connectivity index (χ3v) is 6.62. The third-order valence-electron chi connectivity index (χ3n) is 5.54. The molecule has 1 aromatic carbocycles. The number of aromatic nitrogens is 3. The lowest BCUT2D eigenvalue weighted by molar-refractivity contribution is -0.137. The van der Waals surface area contributed by atoms with E-state index in [1.807, 2.05) is 11.8 Å². The predicted octanol–water partition coefficient (Wildman–Crippen LogP) is 3.94. The summed E-state index contributed by atoms with van der Waals surface area (Å²) in [5.74, 6) is 0.430. The zero-order valence-electron chi connectivity index (χ0n) is 18.2. The van der Waals surface area contributed by atoms with Crippen molar-refractivity contribution in [2.75, 3.05) is 32.8 Å². The summed E-state index contributed by atoms with van der Waals surface area (Å²) in [6.45, 7) is 5.39. The normalized spacial score (nSPS) is 16.3. The number of benzene rings is 1. The van der Waals surface area contributed by atoms with Crippen molar-refractivity contribution in [1.82, 2.24) is 24.4 Å². The summed E-state index contributed by atoms with van der Waals surface area (Å²) in [6.07, 6.45) is -4.32. The van der Waals surface area contributed by atoms with E-state index in [2.05, 4.69) is 10.1 Å². The first-order valence-electron chi connectivity index (χ1n) is 10.6. The van der Waals surface area contributed by atoms with Gasteiger partial charge in [-0.1, -0.05) is 30.4 Å². The molecular formula is C21H24F3N5O3S. The van der Waals surface area contributed by atoms with Gasteiger partial charge in [0.05, 0.1) is 23.1 Å². The van der Waals surface area contributed by atoms with Crippen LogP contribution in [0.1, 0.15) is 41.7 Å². The van der Waals surface area contributed by atoms with Gasteiger partial charge in [-0.05, 0) is 24.6 Å². The summed E-state index contributed by atoms with van der Waals surface area (Å²) < 4.78 is 46.7. The first-order valence-corrected chi connectivity index (χ1v) is 11.4. The number of amides is 1. The zero-order chi connectivity index (χ0) is 23.8. The molecule has 3 aromatic rings. The number of piperazine rings is 1. The van der Waals surface area contributed by atoms with Crippen LogP contribution < -0.4 is 0 Å². The number of fused-ring (bicyclic) bond motifs is 1. The Morgan fingerprint density at radius 3 is 2.58 bits per heavy atom. The van der Waals surface area contributed by atoms with E-state index in [-0.39, 0.29) is 12.5 Å². The standard InChI is InChI=1S/C21H24F3N5O3S/c1-3-15-25-19-29(26-15)18(30)17(33-19)16(13-6-5-7-14(12-13)21(22,23)24)27-8-10-28(11-9-27)20(31)32-4-2/h5-7,12,16,30H,3-4,8-11H2,1-2H3/t16-/m1/s1. The molecule has 1 aliphatic heterocycles. The van der Waals surface area contributed by atoms with Gasteiger partial charge in [-0.3, -0.25) is 4.90 Å². The van der Waals surface area contributed by atoms with Gasteiger partial charge in [0.1, 0.15) is 0 Å². The summed E-state index contributed by atoms with van der Waals surface area (Å²) in [7, 11) is 0. The molecule has 8 nitrogen and oxygen atoms in total. The van der Waals surface area contributed by atoms with E-state index in [9.17, 15) is 23.1 Å². The maximum Gasteiger partial charge on any atom is 0.416 e. The molecule has 33 heavy (non-hydrogen) atoms. The van der Waals surface area contributed by atoms with E-state index in [4.69, 9.17) is 4.74 Å². The quantitative estimate of drug-likeness (QED) is 0.592. The van der Waals surface area contributed by atoms with Crippen LogP contribution in [-0.2, 0) is 17.3 Å². The fourth-order valence-corrected chi connectivity index (χ4v) is 5.05. The number of hydrogen-bond acceptors (Lipinski definition) is 7. The average molecular weight is 484 g/mol. The lowest BCUT2D eigenvalue weighted by Gasteiger charge is -2.38. The smallest absolute Gasteiger partial charge is 0.416 e. The number of hydrogen-bond donors (Lipinski definition) is 1. The highest BCUT2D eigenvalue weighted by Crippen LogP contribution is 2.41. The van der Waals surface area contributed by atoms with E-state index in [0.29, 0.717) is 53.8 Å². The molecule has 178 valence electrons. The first-order chi connectivity index (χ1) is 15.7. The van der Waals surface area contributed by atoms with E-state index in [1.54, 1.807) is 17.9 Å². The van der Waals surface area contributed by atoms with E-state index < -0.39 is 23.9 Å². The van der Waals surface area contributed by atoms with Gasteiger partial charge < -0.3 is 14.7 Å². The van der Waals surface area contributed by atoms with Crippen molar-refractivity contribution in [3.05, 3.63) is 46.1 Å². The number of ether oxygens (including phenoxy) is 1. The van der Waals surface area contributed by atoms with Gasteiger partial charge >= 0.3 is 12.3 Å². The second kappa shape index (κ2) is 9.18. The molecule has 0 saturated carbocycles. The van der Waals surface area contributed by atoms with Crippen LogP contribution in [0.25, 0.3) is 4.96 Å². The number of carbonyl (C=O) groups excluding carboxylic acids is 1. The van der Waals surface area contributed by atoms with E-state index in [1.165, 1.54) is 21.9 Å². The summed E-state index contributed by atoms with van der Waals surface area (Å²) >= 11 is 1.20. The molecule has 1 aliphatic rings. The number of carbonyl (C=O) groups is 1. The minimum atomic E-state index is -4.49. The van der Waals surface area contributed by atoms with Gasteiger partial charge in [-0.2, -0.15) is 17.7 Å². The van der Waals surface area contributed by atoms with E-state index >= 15 is 0 Å². The third kappa shape index (κ3) is 4.62. The number of aromatic hydroxyl groups is 1. The van der Waals surface area contributed by atoms with Crippen LogP contribution in [0.2, 0.25) is 0 Å². The molecule has 2 aromatic heterocycles. The van der Waals surface area contributed by atoms with Crippen molar-refractivity contribution >= 4 is 22.4 Å². The maximum atomic E-state index is 13.4. The van der Waals surface area contributed by atoms with Crippen LogP contribution in [-0.4, -0.2) is 68.4 Å². The zero-order valence-corrected chi connectivity index (χ0v) is 19.0. The summed E-state index contributed by atoms with van der Waals surface area (Å²) in [4.78, 5) is 20.9. The molecule has 1 atom stereocenters. The van der Waals surface area contributed by atoms with Crippen LogP contribution in [0.5, 0.6) is 5.88 Å². The number of alkyl halides is 3. The first kappa shape index (κ1) is 23.3. The van der Waals surface area contributed by atoms with Crippen LogP contribution in [0, 0.1) is 0 Å². The molecule has 3 heterocycles. The summed E-state index contributed by atoms with van der Waals surface area (Å²) in [5, 5.41) is 15.2. The molecule has 12 heteroatoms. The molecule has 0 radical (unpaired) electrons. The minimum absolute atomic E-state index is 0.141. The monoisotopic (exact) mass is 483 g/mol. The van der Waals surface area contributed by atoms with E-state index in [0.717, 1.165) is 12.1 Å². The SMILES string of the molecule is CCOC(=O)N1CCN([C@H](c2cccc(C(F)(F)F)c2)c2sc3nc(CC)nn3c2O)CC1. The van der Waals surface area contributed by atoms with Crippen LogP contribution >= 0.6 is 11.3 Å². The molecular weight excluding hydrogens is 459 g/mol. The van der Waals surface area contributed by atoms with Crippen molar-refractivity contribution in [3.63, 3.8) is 0 Å². The fraction of sp³-hybridized carbons (Fsp3) is 0.476. The second-order valence-corrected chi connectivity index (χ2v) is 8.62. The Balaban J connectivity index is 1.72. The Morgan fingerprint density at radius 1 is 1.24 bits per heavy atom. The van der Waals surface area contributed by atoms with Crippen molar-refractivity contribution < 1.29 is 27.8 Å².